The van der Waals surface area contributed by atoms with Gasteiger partial charge in [-0.2, -0.15) is 9.97 Å². The summed E-state index contributed by atoms with van der Waals surface area (Å²) in [6, 6.07) is 4.24. The molecule has 0 amide bonds. The molecule has 0 aliphatic carbocycles. The number of anilines is 1. The molecule has 3 rings (SSSR count). The number of methoxy groups -OCH3 is 2. The predicted molar refractivity (Wildman–Crippen MR) is 105 cm³/mol. The van der Waals surface area contributed by atoms with Crippen molar-refractivity contribution in [3.63, 3.8) is 0 Å². The molecule has 0 spiro atoms. The lowest BCUT2D eigenvalue weighted by Crippen LogP contribution is -2.07. The number of nitrogen functional groups attached to an aromatic ring is 1. The van der Waals surface area contributed by atoms with Gasteiger partial charge in [0.1, 0.15) is 5.75 Å². The molecule has 7 nitrogen and oxygen atoms in total. The highest BCUT2D eigenvalue weighted by atomic mass is 127. The van der Waals surface area contributed by atoms with Gasteiger partial charge in [0.2, 0.25) is 11.8 Å². The number of nitrogens with zero attached hydrogens (tertiary/aromatic N) is 4. The number of aromatic nitrogens is 4. The van der Waals surface area contributed by atoms with Crippen molar-refractivity contribution in [3.05, 3.63) is 33.2 Å². The number of benzene rings is 1. The topological polar surface area (TPSA) is 88.1 Å². The van der Waals surface area contributed by atoms with E-state index in [2.05, 4.69) is 63.5 Å². The number of hydrogen-bond donors (Lipinski definition) is 1. The van der Waals surface area contributed by atoms with Crippen molar-refractivity contribution in [1.29, 1.82) is 0 Å². The highest BCUT2D eigenvalue weighted by Crippen LogP contribution is 2.31. The fraction of sp³-hybridized carbons (Fsp3) is 0.353. The minimum atomic E-state index is 0.166. The number of halogens is 1. The summed E-state index contributed by atoms with van der Waals surface area (Å²) in [5, 5.41) is 0. The number of fused-ring (bicyclic) bond motifs is 1. The van der Waals surface area contributed by atoms with E-state index in [1.54, 1.807) is 20.5 Å². The molecule has 3 aromatic rings. The molecule has 0 saturated heterocycles. The second-order valence-corrected chi connectivity index (χ2v) is 7.14. The van der Waals surface area contributed by atoms with Crippen LogP contribution in [-0.4, -0.2) is 33.7 Å². The van der Waals surface area contributed by atoms with Crippen LogP contribution in [0, 0.1) is 3.57 Å². The number of nitrogens with two attached hydrogens (primary N) is 1. The summed E-state index contributed by atoms with van der Waals surface area (Å²) in [6.07, 6.45) is 1.74. The van der Waals surface area contributed by atoms with Crippen molar-refractivity contribution in [2.75, 3.05) is 20.0 Å². The zero-order valence-corrected chi connectivity index (χ0v) is 16.7. The Bertz CT molecular complexity index is 923. The van der Waals surface area contributed by atoms with E-state index in [9.17, 15) is 0 Å². The van der Waals surface area contributed by atoms with Crippen LogP contribution in [-0.2, 0) is 6.54 Å². The van der Waals surface area contributed by atoms with Crippen molar-refractivity contribution < 1.29 is 9.47 Å². The molecule has 1 aromatic carbocycles. The molecule has 0 fully saturated rings. The van der Waals surface area contributed by atoms with Crippen molar-refractivity contribution in [2.24, 2.45) is 0 Å². The Morgan fingerprint density at radius 3 is 2.60 bits per heavy atom. The molecule has 8 heteroatoms. The van der Waals surface area contributed by atoms with Gasteiger partial charge in [-0.3, -0.25) is 0 Å². The van der Waals surface area contributed by atoms with Gasteiger partial charge in [-0.25, -0.2) is 4.98 Å². The minimum absolute atomic E-state index is 0.166. The Kier molecular flexibility index (Phi) is 4.98. The molecule has 0 aliphatic rings. The molecule has 2 aromatic heterocycles. The van der Waals surface area contributed by atoms with E-state index in [0.29, 0.717) is 29.5 Å². The maximum absolute atomic E-state index is 5.80. The van der Waals surface area contributed by atoms with Gasteiger partial charge in [0.05, 0.1) is 30.7 Å². The molecule has 25 heavy (non-hydrogen) atoms. The molecule has 2 heterocycles. The monoisotopic (exact) mass is 453 g/mol. The zero-order valence-electron chi connectivity index (χ0n) is 14.6. The van der Waals surface area contributed by atoms with Crippen LogP contribution in [0.4, 0.5) is 5.95 Å². The van der Waals surface area contributed by atoms with Crippen LogP contribution in [0.1, 0.15) is 30.9 Å². The second kappa shape index (κ2) is 7.03. The van der Waals surface area contributed by atoms with Gasteiger partial charge in [0.15, 0.2) is 11.2 Å². The summed E-state index contributed by atoms with van der Waals surface area (Å²) in [6.45, 7) is 4.96. The van der Waals surface area contributed by atoms with Gasteiger partial charge in [-0.15, -0.1) is 0 Å². The van der Waals surface area contributed by atoms with E-state index in [4.69, 9.17) is 15.2 Å². The quantitative estimate of drug-likeness (QED) is 0.597. The molecule has 132 valence electrons. The minimum Gasteiger partial charge on any atom is -0.496 e. The second-order valence-electron chi connectivity index (χ2n) is 5.98. The van der Waals surface area contributed by atoms with Crippen LogP contribution in [0.5, 0.6) is 11.6 Å². The Balaban J connectivity index is 2.10. The lowest BCUT2D eigenvalue weighted by Gasteiger charge is -2.16. The Morgan fingerprint density at radius 2 is 1.96 bits per heavy atom. The van der Waals surface area contributed by atoms with Crippen LogP contribution in [0.2, 0.25) is 0 Å². The van der Waals surface area contributed by atoms with Crippen molar-refractivity contribution in [3.8, 4) is 11.6 Å². The first-order valence-corrected chi connectivity index (χ1v) is 8.91. The van der Waals surface area contributed by atoms with Crippen LogP contribution in [0.3, 0.4) is 0 Å². The molecular formula is C17H20IN5O2. The third kappa shape index (κ3) is 3.35. The van der Waals surface area contributed by atoms with Crippen LogP contribution >= 0.6 is 22.6 Å². The first-order chi connectivity index (χ1) is 11.9. The fourth-order valence-corrected chi connectivity index (χ4v) is 3.57. The molecule has 0 saturated carbocycles. The van der Waals surface area contributed by atoms with Gasteiger partial charge < -0.3 is 19.8 Å². The van der Waals surface area contributed by atoms with Gasteiger partial charge in [-0.05, 0) is 51.8 Å². The number of ether oxygens (including phenoxy) is 2. The Labute approximate surface area is 159 Å². The molecular weight excluding hydrogens is 433 g/mol. The molecule has 0 radical (unpaired) electrons. The van der Waals surface area contributed by atoms with E-state index >= 15 is 0 Å². The highest BCUT2D eigenvalue weighted by molar-refractivity contribution is 14.1. The standard InChI is InChI=1S/C17H20IN5O2/c1-9(2)11-6-13(24-3)12(18)5-10(11)7-23-8-20-14-15(23)21-17(19)22-16(14)25-4/h5-6,8-9H,7H2,1-4H3,(H2,19,21,22). The van der Waals surface area contributed by atoms with Gasteiger partial charge in [0, 0.05) is 0 Å². The lowest BCUT2D eigenvalue weighted by molar-refractivity contribution is 0.402. The van der Waals surface area contributed by atoms with Crippen LogP contribution in [0.25, 0.3) is 11.2 Å². The van der Waals surface area contributed by atoms with Crippen molar-refractivity contribution in [2.45, 2.75) is 26.3 Å². The largest absolute Gasteiger partial charge is 0.496 e. The summed E-state index contributed by atoms with van der Waals surface area (Å²) in [7, 11) is 3.24. The summed E-state index contributed by atoms with van der Waals surface area (Å²) in [5.74, 6) is 1.80. The normalized spacial score (nSPS) is 11.3. The zero-order chi connectivity index (χ0) is 18.1. The van der Waals surface area contributed by atoms with Crippen molar-refractivity contribution >= 4 is 39.7 Å². The van der Waals surface area contributed by atoms with Gasteiger partial charge >= 0.3 is 0 Å². The molecule has 0 aliphatic heterocycles. The highest BCUT2D eigenvalue weighted by Gasteiger charge is 2.16. The average Bonchev–Trinajstić information content (AvgIpc) is 2.96. The third-order valence-electron chi connectivity index (χ3n) is 4.02. The van der Waals surface area contributed by atoms with Crippen molar-refractivity contribution in [1.82, 2.24) is 19.5 Å². The van der Waals surface area contributed by atoms with E-state index in [1.165, 1.54) is 11.1 Å². The average molecular weight is 453 g/mol. The van der Waals surface area contributed by atoms with E-state index in [1.807, 2.05) is 4.57 Å². The van der Waals surface area contributed by atoms with Crippen LogP contribution in [0.15, 0.2) is 18.5 Å². The number of rotatable bonds is 5. The summed E-state index contributed by atoms with van der Waals surface area (Å²) >= 11 is 2.29. The van der Waals surface area contributed by atoms with E-state index in [0.717, 1.165) is 9.32 Å². The third-order valence-corrected chi connectivity index (χ3v) is 4.86. The predicted octanol–water partition coefficient (Wildman–Crippen LogP) is 3.20. The number of imidazole rings is 1. The SMILES string of the molecule is COc1cc(C(C)C)c(Cn2cnc3c(OC)nc(N)nc32)cc1I. The maximum Gasteiger partial charge on any atom is 0.246 e. The number of hydrogen-bond acceptors (Lipinski definition) is 6. The molecule has 0 bridgehead atoms. The maximum atomic E-state index is 5.80. The van der Waals surface area contributed by atoms with Crippen LogP contribution < -0.4 is 15.2 Å². The Hall–Kier alpha value is -2.10. The van der Waals surface area contributed by atoms with Gasteiger partial charge in [-0.1, -0.05) is 13.8 Å². The first kappa shape index (κ1) is 17.7. The molecule has 0 unspecified atom stereocenters. The van der Waals surface area contributed by atoms with E-state index < -0.39 is 0 Å². The molecule has 2 N–H and O–H groups in total. The summed E-state index contributed by atoms with van der Waals surface area (Å²) < 4.78 is 13.7. The smallest absolute Gasteiger partial charge is 0.246 e. The summed E-state index contributed by atoms with van der Waals surface area (Å²) in [5.41, 5.74) is 9.48. The summed E-state index contributed by atoms with van der Waals surface area (Å²) in [4.78, 5) is 12.8. The van der Waals surface area contributed by atoms with Gasteiger partial charge in [0.25, 0.3) is 0 Å². The Morgan fingerprint density at radius 1 is 1.20 bits per heavy atom. The van der Waals surface area contributed by atoms with E-state index in [-0.39, 0.29) is 5.95 Å². The first-order valence-electron chi connectivity index (χ1n) is 7.83. The fourth-order valence-electron chi connectivity index (χ4n) is 2.82. The molecule has 0 atom stereocenters. The lowest BCUT2D eigenvalue weighted by atomic mass is 9.96.